The SMILES string of the molecule is Cc1ccc2c(c1)[nH]c(=S)n2CCC(F)(F)F. The summed E-state index contributed by atoms with van der Waals surface area (Å²) < 4.78 is 38.4. The van der Waals surface area contributed by atoms with Crippen LogP contribution >= 0.6 is 12.2 Å². The minimum absolute atomic E-state index is 0.147. The van der Waals surface area contributed by atoms with Crippen LogP contribution in [0.3, 0.4) is 0 Å². The van der Waals surface area contributed by atoms with Gasteiger partial charge in [0.2, 0.25) is 0 Å². The van der Waals surface area contributed by atoms with Gasteiger partial charge in [0, 0.05) is 6.54 Å². The summed E-state index contributed by atoms with van der Waals surface area (Å²) in [5.74, 6) is 0. The van der Waals surface area contributed by atoms with Crippen LogP contribution < -0.4 is 0 Å². The van der Waals surface area contributed by atoms with E-state index in [1.807, 2.05) is 19.1 Å². The molecule has 0 fully saturated rings. The van der Waals surface area contributed by atoms with Crippen LogP contribution in [0.5, 0.6) is 0 Å². The Morgan fingerprint density at radius 2 is 2.06 bits per heavy atom. The van der Waals surface area contributed by atoms with Gasteiger partial charge < -0.3 is 9.55 Å². The molecule has 1 N–H and O–H groups in total. The molecule has 0 bridgehead atoms. The quantitative estimate of drug-likeness (QED) is 0.810. The summed E-state index contributed by atoms with van der Waals surface area (Å²) >= 11 is 5.02. The van der Waals surface area contributed by atoms with Gasteiger partial charge in [-0.25, -0.2) is 0 Å². The molecule has 1 aromatic heterocycles. The molecule has 92 valence electrons. The van der Waals surface area contributed by atoms with Crippen molar-refractivity contribution in [2.24, 2.45) is 0 Å². The summed E-state index contributed by atoms with van der Waals surface area (Å²) in [4.78, 5) is 2.91. The maximum Gasteiger partial charge on any atom is 0.390 e. The second-order valence-corrected chi connectivity index (χ2v) is 4.35. The Bertz CT molecular complexity index is 595. The van der Waals surface area contributed by atoms with Crippen LogP contribution in [-0.2, 0) is 6.54 Å². The van der Waals surface area contributed by atoms with Crippen molar-refractivity contribution < 1.29 is 13.2 Å². The average molecular weight is 260 g/mol. The van der Waals surface area contributed by atoms with E-state index in [-0.39, 0.29) is 6.54 Å². The lowest BCUT2D eigenvalue weighted by Gasteiger charge is -2.07. The summed E-state index contributed by atoms with van der Waals surface area (Å²) in [7, 11) is 0. The molecule has 0 unspecified atom stereocenters. The van der Waals surface area contributed by atoms with Crippen LogP contribution in [0.25, 0.3) is 11.0 Å². The molecule has 0 aliphatic carbocycles. The zero-order valence-corrected chi connectivity index (χ0v) is 9.95. The van der Waals surface area contributed by atoms with Gasteiger partial charge in [0.25, 0.3) is 0 Å². The van der Waals surface area contributed by atoms with Crippen LogP contribution in [0, 0.1) is 11.7 Å². The van der Waals surface area contributed by atoms with Gasteiger partial charge in [-0.15, -0.1) is 0 Å². The molecule has 0 atom stereocenters. The molecule has 1 heterocycles. The molecule has 2 rings (SSSR count). The molecule has 0 saturated carbocycles. The normalized spacial score (nSPS) is 12.2. The molecular formula is C11H11F3N2S. The highest BCUT2D eigenvalue weighted by molar-refractivity contribution is 7.71. The molecule has 0 saturated heterocycles. The summed E-state index contributed by atoms with van der Waals surface area (Å²) in [5.41, 5.74) is 2.53. The van der Waals surface area contributed by atoms with Crippen molar-refractivity contribution in [3.05, 3.63) is 28.5 Å². The third-order valence-electron chi connectivity index (χ3n) is 2.55. The van der Waals surface area contributed by atoms with E-state index in [1.54, 1.807) is 6.07 Å². The van der Waals surface area contributed by atoms with Crippen molar-refractivity contribution in [1.29, 1.82) is 0 Å². The zero-order valence-electron chi connectivity index (χ0n) is 9.14. The highest BCUT2D eigenvalue weighted by atomic mass is 32.1. The number of hydrogen-bond acceptors (Lipinski definition) is 1. The molecule has 17 heavy (non-hydrogen) atoms. The lowest BCUT2D eigenvalue weighted by atomic mass is 10.2. The third-order valence-corrected chi connectivity index (χ3v) is 2.87. The number of halogens is 3. The summed E-state index contributed by atoms with van der Waals surface area (Å²) in [5, 5.41) is 0. The molecule has 2 aromatic rings. The standard InChI is InChI=1S/C11H11F3N2S/c1-7-2-3-9-8(6-7)15-10(17)16(9)5-4-11(12,13)14/h2-3,6H,4-5H2,1H3,(H,15,17). The van der Waals surface area contributed by atoms with E-state index < -0.39 is 12.6 Å². The van der Waals surface area contributed by atoms with Crippen molar-refractivity contribution in [1.82, 2.24) is 9.55 Å². The first-order valence-electron chi connectivity index (χ1n) is 5.13. The van der Waals surface area contributed by atoms with Gasteiger partial charge in [0.05, 0.1) is 17.5 Å². The van der Waals surface area contributed by atoms with Crippen molar-refractivity contribution in [2.75, 3.05) is 0 Å². The van der Waals surface area contributed by atoms with E-state index >= 15 is 0 Å². The van der Waals surface area contributed by atoms with Gasteiger partial charge in [0.1, 0.15) is 0 Å². The molecule has 2 nitrogen and oxygen atoms in total. The highest BCUT2D eigenvalue weighted by Crippen LogP contribution is 2.22. The van der Waals surface area contributed by atoms with Gasteiger partial charge in [-0.2, -0.15) is 13.2 Å². The van der Waals surface area contributed by atoms with Gasteiger partial charge >= 0.3 is 6.18 Å². The molecule has 0 aliphatic heterocycles. The number of rotatable bonds is 2. The van der Waals surface area contributed by atoms with Crippen LogP contribution in [-0.4, -0.2) is 15.7 Å². The number of H-pyrrole nitrogens is 1. The second-order valence-electron chi connectivity index (χ2n) is 3.97. The monoisotopic (exact) mass is 260 g/mol. The molecule has 1 aromatic carbocycles. The van der Waals surface area contributed by atoms with Gasteiger partial charge in [-0.3, -0.25) is 0 Å². The Morgan fingerprint density at radius 3 is 2.71 bits per heavy atom. The fourth-order valence-corrected chi connectivity index (χ4v) is 2.04. The number of nitrogens with one attached hydrogen (secondary N) is 1. The highest BCUT2D eigenvalue weighted by Gasteiger charge is 2.27. The van der Waals surface area contributed by atoms with E-state index in [0.29, 0.717) is 10.3 Å². The minimum Gasteiger partial charge on any atom is -0.331 e. The van der Waals surface area contributed by atoms with Crippen LogP contribution in [0.1, 0.15) is 12.0 Å². The molecular weight excluding hydrogens is 249 g/mol. The van der Waals surface area contributed by atoms with E-state index in [2.05, 4.69) is 4.98 Å². The minimum atomic E-state index is -4.16. The van der Waals surface area contributed by atoms with E-state index in [4.69, 9.17) is 12.2 Å². The maximum absolute atomic E-state index is 12.2. The lowest BCUT2D eigenvalue weighted by Crippen LogP contribution is -2.12. The average Bonchev–Trinajstić information content (AvgIpc) is 2.48. The Kier molecular flexibility index (Phi) is 2.99. The second kappa shape index (κ2) is 4.18. The number of fused-ring (bicyclic) bond motifs is 1. The lowest BCUT2D eigenvalue weighted by molar-refractivity contribution is -0.136. The summed E-state index contributed by atoms with van der Waals surface area (Å²) in [6.07, 6.45) is -5.04. The number of aromatic amines is 1. The van der Waals surface area contributed by atoms with Gasteiger partial charge in [0.15, 0.2) is 4.77 Å². The number of aryl methyl sites for hydroxylation is 2. The Balaban J connectivity index is 2.40. The fourth-order valence-electron chi connectivity index (χ4n) is 1.74. The Labute approximate surface area is 101 Å². The summed E-state index contributed by atoms with van der Waals surface area (Å²) in [6, 6.07) is 5.51. The molecule has 0 spiro atoms. The van der Waals surface area contributed by atoms with Crippen molar-refractivity contribution in [3.63, 3.8) is 0 Å². The zero-order chi connectivity index (χ0) is 12.6. The van der Waals surface area contributed by atoms with Gasteiger partial charge in [-0.05, 0) is 36.8 Å². The first-order valence-corrected chi connectivity index (χ1v) is 5.53. The van der Waals surface area contributed by atoms with Crippen LogP contribution in [0.4, 0.5) is 13.2 Å². The molecule has 0 aliphatic rings. The Morgan fingerprint density at radius 1 is 1.35 bits per heavy atom. The van der Waals surface area contributed by atoms with Crippen molar-refractivity contribution in [2.45, 2.75) is 26.1 Å². The maximum atomic E-state index is 12.2. The predicted octanol–water partition coefficient (Wildman–Crippen LogP) is 3.96. The first-order chi connectivity index (χ1) is 7.87. The van der Waals surface area contributed by atoms with Crippen LogP contribution in [0.2, 0.25) is 0 Å². The number of nitrogens with zero attached hydrogens (tertiary/aromatic N) is 1. The number of hydrogen-bond donors (Lipinski definition) is 1. The van der Waals surface area contributed by atoms with Crippen molar-refractivity contribution >= 4 is 23.3 Å². The van der Waals surface area contributed by atoms with E-state index in [1.165, 1.54) is 4.57 Å². The summed E-state index contributed by atoms with van der Waals surface area (Å²) in [6.45, 7) is 1.77. The topological polar surface area (TPSA) is 20.7 Å². The fraction of sp³-hybridized carbons (Fsp3) is 0.364. The molecule has 6 heteroatoms. The molecule has 0 amide bonds. The largest absolute Gasteiger partial charge is 0.390 e. The number of alkyl halides is 3. The number of benzene rings is 1. The molecule has 0 radical (unpaired) electrons. The Hall–Kier alpha value is -1.30. The van der Waals surface area contributed by atoms with Crippen LogP contribution in [0.15, 0.2) is 18.2 Å². The predicted molar refractivity (Wildman–Crippen MR) is 62.5 cm³/mol. The number of aromatic nitrogens is 2. The first kappa shape index (κ1) is 12.2. The van der Waals surface area contributed by atoms with Crippen molar-refractivity contribution in [3.8, 4) is 0 Å². The van der Waals surface area contributed by atoms with Gasteiger partial charge in [-0.1, -0.05) is 6.07 Å². The van der Waals surface area contributed by atoms with E-state index in [9.17, 15) is 13.2 Å². The smallest absolute Gasteiger partial charge is 0.331 e. The van der Waals surface area contributed by atoms with E-state index in [0.717, 1.165) is 11.1 Å². The number of imidazole rings is 1. The third kappa shape index (κ3) is 2.69.